The molecule has 0 bridgehead atoms. The summed E-state index contributed by atoms with van der Waals surface area (Å²) in [6.07, 6.45) is 1.91. The smallest absolute Gasteiger partial charge is 0.0963 e. The van der Waals surface area contributed by atoms with Crippen LogP contribution in [0.5, 0.6) is 0 Å². The standard InChI is InChI=1S/C35H20N2S2/c1-2-9-21(10-3-1)22-12-6-13-23-24-14-7-15-28(35(24)39-34(22)23)37-27-16-8-20-36-32(27)26-18-19-30-31(33(26)37)25-11-4-5-17-29(25)38-30/h1-20H. The lowest BCUT2D eigenvalue weighted by Gasteiger charge is -2.10. The average molecular weight is 533 g/mol. The van der Waals surface area contributed by atoms with Gasteiger partial charge in [-0.25, -0.2) is 0 Å². The van der Waals surface area contributed by atoms with Gasteiger partial charge in [0.2, 0.25) is 0 Å². The summed E-state index contributed by atoms with van der Waals surface area (Å²) in [6.45, 7) is 0. The summed E-state index contributed by atoms with van der Waals surface area (Å²) >= 11 is 3.76. The van der Waals surface area contributed by atoms with Crippen LogP contribution in [0.4, 0.5) is 0 Å². The molecule has 0 aliphatic carbocycles. The number of rotatable bonds is 2. The van der Waals surface area contributed by atoms with E-state index in [2.05, 4.69) is 120 Å². The molecule has 0 unspecified atom stereocenters. The monoisotopic (exact) mass is 532 g/mol. The minimum Gasteiger partial charge on any atom is -0.305 e. The van der Waals surface area contributed by atoms with Gasteiger partial charge in [0.15, 0.2) is 0 Å². The maximum atomic E-state index is 4.89. The zero-order valence-electron chi connectivity index (χ0n) is 20.8. The number of aromatic nitrogens is 2. The van der Waals surface area contributed by atoms with E-state index in [0.717, 1.165) is 11.0 Å². The summed E-state index contributed by atoms with van der Waals surface area (Å²) in [5.74, 6) is 0. The number of hydrogen-bond acceptors (Lipinski definition) is 3. The van der Waals surface area contributed by atoms with Crippen LogP contribution in [-0.2, 0) is 0 Å². The molecule has 9 aromatic rings. The van der Waals surface area contributed by atoms with E-state index in [0.29, 0.717) is 0 Å². The molecule has 4 aromatic heterocycles. The maximum Gasteiger partial charge on any atom is 0.0963 e. The van der Waals surface area contributed by atoms with Crippen LogP contribution in [0.1, 0.15) is 0 Å². The molecule has 0 atom stereocenters. The zero-order valence-corrected chi connectivity index (χ0v) is 22.4. The van der Waals surface area contributed by atoms with Gasteiger partial charge in [-0.3, -0.25) is 4.98 Å². The summed E-state index contributed by atoms with van der Waals surface area (Å²) in [6, 6.07) is 41.8. The molecular weight excluding hydrogens is 513 g/mol. The summed E-state index contributed by atoms with van der Waals surface area (Å²) in [5.41, 5.74) is 7.19. The van der Waals surface area contributed by atoms with Gasteiger partial charge in [-0.05, 0) is 47.5 Å². The Morgan fingerprint density at radius 2 is 1.33 bits per heavy atom. The molecule has 0 spiro atoms. The van der Waals surface area contributed by atoms with Gasteiger partial charge in [-0.1, -0.05) is 78.9 Å². The van der Waals surface area contributed by atoms with Gasteiger partial charge in [0.1, 0.15) is 0 Å². The number of nitrogens with zero attached hydrogens (tertiary/aromatic N) is 2. The van der Waals surface area contributed by atoms with Gasteiger partial charge in [0, 0.05) is 47.2 Å². The minimum atomic E-state index is 1.05. The molecule has 5 aromatic carbocycles. The van der Waals surface area contributed by atoms with Crippen LogP contribution in [-0.4, -0.2) is 9.55 Å². The van der Waals surface area contributed by atoms with Crippen LogP contribution in [0.15, 0.2) is 121 Å². The van der Waals surface area contributed by atoms with Gasteiger partial charge < -0.3 is 4.57 Å². The molecule has 0 saturated heterocycles. The topological polar surface area (TPSA) is 17.8 Å². The Bertz CT molecular complexity index is 2390. The summed E-state index contributed by atoms with van der Waals surface area (Å²) < 4.78 is 7.73. The SMILES string of the molecule is c1ccc(-c2cccc3c2sc2c(-n4c5cccnc5c5ccc6sc7ccccc7c6c54)cccc23)cc1. The highest BCUT2D eigenvalue weighted by Crippen LogP contribution is 2.46. The number of thiophene rings is 2. The summed E-state index contributed by atoms with van der Waals surface area (Å²) in [5, 5.41) is 6.43. The van der Waals surface area contributed by atoms with Crippen LogP contribution < -0.4 is 0 Å². The molecule has 0 N–H and O–H groups in total. The first-order chi connectivity index (χ1) is 19.4. The Morgan fingerprint density at radius 1 is 0.538 bits per heavy atom. The fourth-order valence-corrected chi connectivity index (χ4v) is 8.65. The lowest BCUT2D eigenvalue weighted by molar-refractivity contribution is 1.20. The highest BCUT2D eigenvalue weighted by Gasteiger charge is 2.21. The van der Waals surface area contributed by atoms with Gasteiger partial charge in [0.25, 0.3) is 0 Å². The minimum absolute atomic E-state index is 1.05. The molecule has 2 nitrogen and oxygen atoms in total. The summed E-state index contributed by atoms with van der Waals surface area (Å²) in [4.78, 5) is 4.89. The normalized spacial score (nSPS) is 12.1. The van der Waals surface area contributed by atoms with E-state index in [4.69, 9.17) is 4.98 Å². The van der Waals surface area contributed by atoms with E-state index in [-0.39, 0.29) is 0 Å². The molecule has 9 rings (SSSR count). The number of hydrogen-bond donors (Lipinski definition) is 0. The van der Waals surface area contributed by atoms with E-state index in [1.54, 1.807) is 0 Å². The van der Waals surface area contributed by atoms with Crippen molar-refractivity contribution < 1.29 is 0 Å². The highest BCUT2D eigenvalue weighted by molar-refractivity contribution is 7.27. The largest absolute Gasteiger partial charge is 0.305 e. The number of benzene rings is 5. The summed E-state index contributed by atoms with van der Waals surface area (Å²) in [7, 11) is 0. The lowest BCUT2D eigenvalue weighted by atomic mass is 10.0. The Morgan fingerprint density at radius 3 is 2.26 bits per heavy atom. The molecule has 0 amide bonds. The van der Waals surface area contributed by atoms with Crippen LogP contribution in [0, 0.1) is 0 Å². The van der Waals surface area contributed by atoms with Crippen LogP contribution in [0.2, 0.25) is 0 Å². The third-order valence-corrected chi connectivity index (χ3v) is 10.3. The molecule has 4 heteroatoms. The van der Waals surface area contributed by atoms with Crippen molar-refractivity contribution in [3.63, 3.8) is 0 Å². The fourth-order valence-electron chi connectivity index (χ4n) is 6.20. The van der Waals surface area contributed by atoms with Crippen LogP contribution in [0.25, 0.3) is 79.1 Å². The Kier molecular flexibility index (Phi) is 4.39. The van der Waals surface area contributed by atoms with E-state index < -0.39 is 0 Å². The number of fused-ring (bicyclic) bond motifs is 10. The average Bonchev–Trinajstić information content (AvgIpc) is 3.67. The first kappa shape index (κ1) is 21.4. The molecule has 4 heterocycles. The first-order valence-corrected chi connectivity index (χ1v) is 14.7. The van der Waals surface area contributed by atoms with Crippen molar-refractivity contribution in [2.24, 2.45) is 0 Å². The Labute approximate surface area is 232 Å². The molecule has 0 saturated carbocycles. The van der Waals surface area contributed by atoms with Gasteiger partial charge in [-0.15, -0.1) is 22.7 Å². The maximum absolute atomic E-state index is 4.89. The molecular formula is C35H20N2S2. The Hall–Kier alpha value is -4.51. The zero-order chi connectivity index (χ0) is 25.5. The second-order valence-electron chi connectivity index (χ2n) is 9.94. The van der Waals surface area contributed by atoms with E-state index >= 15 is 0 Å². The third kappa shape index (κ3) is 2.93. The third-order valence-electron chi connectivity index (χ3n) is 7.85. The van der Waals surface area contributed by atoms with Crippen LogP contribution >= 0.6 is 22.7 Å². The molecule has 182 valence electrons. The first-order valence-electron chi connectivity index (χ1n) is 13.1. The molecule has 0 aliphatic heterocycles. The Balaban J connectivity index is 1.47. The number of pyridine rings is 1. The van der Waals surface area contributed by atoms with E-state index in [1.807, 2.05) is 28.9 Å². The van der Waals surface area contributed by atoms with Gasteiger partial charge >= 0.3 is 0 Å². The van der Waals surface area contributed by atoms with Gasteiger partial charge in [-0.2, -0.15) is 0 Å². The van der Waals surface area contributed by atoms with E-state index in [9.17, 15) is 0 Å². The fraction of sp³-hybridized carbons (Fsp3) is 0. The second kappa shape index (κ2) is 8.00. The van der Waals surface area contributed by atoms with Crippen molar-refractivity contribution in [1.82, 2.24) is 9.55 Å². The molecule has 0 radical (unpaired) electrons. The quantitative estimate of drug-likeness (QED) is 0.216. The predicted octanol–water partition coefficient (Wildman–Crippen LogP) is 10.6. The van der Waals surface area contributed by atoms with Crippen LogP contribution in [0.3, 0.4) is 0 Å². The van der Waals surface area contributed by atoms with Crippen molar-refractivity contribution in [2.75, 3.05) is 0 Å². The van der Waals surface area contributed by atoms with Gasteiger partial charge in [0.05, 0.1) is 26.9 Å². The predicted molar refractivity (Wildman–Crippen MR) is 170 cm³/mol. The van der Waals surface area contributed by atoms with Crippen molar-refractivity contribution >= 4 is 85.0 Å². The molecule has 0 fully saturated rings. The molecule has 39 heavy (non-hydrogen) atoms. The second-order valence-corrected chi connectivity index (χ2v) is 12.0. The van der Waals surface area contributed by atoms with Crippen molar-refractivity contribution in [3.8, 4) is 16.8 Å². The van der Waals surface area contributed by atoms with Crippen molar-refractivity contribution in [2.45, 2.75) is 0 Å². The van der Waals surface area contributed by atoms with Crippen molar-refractivity contribution in [1.29, 1.82) is 0 Å². The lowest BCUT2D eigenvalue weighted by Crippen LogP contribution is -1.94. The highest BCUT2D eigenvalue weighted by atomic mass is 32.1. The molecule has 0 aliphatic rings. The van der Waals surface area contributed by atoms with E-state index in [1.165, 1.54) is 68.1 Å². The van der Waals surface area contributed by atoms with Crippen molar-refractivity contribution in [3.05, 3.63) is 121 Å².